The zero-order chi connectivity index (χ0) is 17.1. The highest BCUT2D eigenvalue weighted by Gasteiger charge is 2.52. The number of aliphatic imine (C=N–C) groups is 1. The van der Waals surface area contributed by atoms with Crippen LogP contribution in [0.2, 0.25) is 0 Å². The van der Waals surface area contributed by atoms with Crippen LogP contribution in [0, 0.1) is 19.7 Å². The molecule has 2 aromatic carbocycles. The molecule has 4 rings (SSSR count). The van der Waals surface area contributed by atoms with E-state index in [9.17, 15) is 14.3 Å². The van der Waals surface area contributed by atoms with Gasteiger partial charge >= 0.3 is 0 Å². The summed E-state index contributed by atoms with van der Waals surface area (Å²) in [6, 6.07) is 10.6. The molecule has 0 saturated carbocycles. The molecule has 4 nitrogen and oxygen atoms in total. The molecular weight excluding hydrogens is 307 g/mol. The van der Waals surface area contributed by atoms with Crippen LogP contribution < -0.4 is 4.90 Å². The Kier molecular flexibility index (Phi) is 3.12. The van der Waals surface area contributed by atoms with E-state index >= 15 is 0 Å². The fourth-order valence-electron chi connectivity index (χ4n) is 3.41. The molecule has 0 unspecified atom stereocenters. The minimum Gasteiger partial charge on any atom is -0.374 e. The molecule has 0 amide bonds. The number of rotatable bonds is 1. The topological polar surface area (TPSA) is 52.9 Å². The third-order valence-corrected chi connectivity index (χ3v) is 4.76. The Hall–Kier alpha value is -2.53. The van der Waals surface area contributed by atoms with Gasteiger partial charge in [0.1, 0.15) is 11.7 Å². The van der Waals surface area contributed by atoms with Gasteiger partial charge in [0.25, 0.3) is 0 Å². The number of hydrogen-bond acceptors (Lipinski definition) is 4. The summed E-state index contributed by atoms with van der Waals surface area (Å²) in [4.78, 5) is 19.2. The van der Waals surface area contributed by atoms with Crippen LogP contribution in [0.4, 0.5) is 15.8 Å². The number of aryl methyl sites for hydroxylation is 2. The van der Waals surface area contributed by atoms with E-state index in [-0.39, 0.29) is 12.0 Å². The summed E-state index contributed by atoms with van der Waals surface area (Å²) in [6.45, 7) is 4.11. The molecule has 2 aromatic rings. The summed E-state index contributed by atoms with van der Waals surface area (Å²) in [6.07, 6.45) is 0.244. The van der Waals surface area contributed by atoms with Gasteiger partial charge in [-0.2, -0.15) is 0 Å². The van der Waals surface area contributed by atoms with Crippen LogP contribution in [0.3, 0.4) is 0 Å². The maximum atomic E-state index is 13.8. The normalized spacial score (nSPS) is 22.2. The van der Waals surface area contributed by atoms with Crippen molar-refractivity contribution in [1.82, 2.24) is 0 Å². The largest absolute Gasteiger partial charge is 0.374 e. The highest BCUT2D eigenvalue weighted by molar-refractivity contribution is 6.28. The smallest absolute Gasteiger partial charge is 0.204 e. The average molecular weight is 324 g/mol. The Balaban J connectivity index is 1.89. The Morgan fingerprint density at radius 3 is 2.79 bits per heavy atom. The van der Waals surface area contributed by atoms with Gasteiger partial charge < -0.3 is 10.0 Å². The van der Waals surface area contributed by atoms with Crippen molar-refractivity contribution in [3.63, 3.8) is 0 Å². The first-order valence-corrected chi connectivity index (χ1v) is 7.91. The van der Waals surface area contributed by atoms with E-state index in [1.807, 2.05) is 36.1 Å². The lowest BCUT2D eigenvalue weighted by molar-refractivity contribution is 0.0601. The molecule has 1 atom stereocenters. The van der Waals surface area contributed by atoms with Crippen LogP contribution in [0.15, 0.2) is 41.4 Å². The standard InChI is InChI=1S/C19H17FN2O2/c1-11-4-3-5-13(8-11)22-7-6-19(24)17(23)14-10-15(20)12(2)9-16(14)21-18(19)22/h3-5,8-10,24H,6-7H2,1-2H3/t19-/m1/s1. The number of benzene rings is 2. The predicted octanol–water partition coefficient (Wildman–Crippen LogP) is 3.31. The Labute approximate surface area is 139 Å². The predicted molar refractivity (Wildman–Crippen MR) is 90.7 cm³/mol. The number of ketones is 1. The minimum atomic E-state index is -1.68. The van der Waals surface area contributed by atoms with Gasteiger partial charge in [-0.3, -0.25) is 4.79 Å². The zero-order valence-corrected chi connectivity index (χ0v) is 13.5. The van der Waals surface area contributed by atoms with Crippen molar-refractivity contribution in [2.75, 3.05) is 11.4 Å². The molecular formula is C19H17FN2O2. The van der Waals surface area contributed by atoms with Crippen molar-refractivity contribution in [3.05, 3.63) is 58.9 Å². The second kappa shape index (κ2) is 4.98. The molecule has 2 aliphatic rings. The molecule has 2 aliphatic heterocycles. The average Bonchev–Trinajstić information content (AvgIpc) is 2.88. The number of carbonyl (C=O) groups is 1. The SMILES string of the molecule is Cc1cccc(N2CC[C@@]3(O)C(=O)c4cc(F)c(C)cc4N=C23)c1. The first-order valence-electron chi connectivity index (χ1n) is 7.91. The summed E-state index contributed by atoms with van der Waals surface area (Å²) in [5, 5.41) is 10.9. The van der Waals surface area contributed by atoms with Crippen LogP contribution >= 0.6 is 0 Å². The molecule has 0 spiro atoms. The first-order chi connectivity index (χ1) is 11.4. The fourth-order valence-corrected chi connectivity index (χ4v) is 3.41. The summed E-state index contributed by atoms with van der Waals surface area (Å²) < 4.78 is 13.8. The lowest BCUT2D eigenvalue weighted by Crippen LogP contribution is -2.48. The van der Waals surface area contributed by atoms with Gasteiger partial charge in [-0.25, -0.2) is 9.38 Å². The molecule has 2 heterocycles. The quantitative estimate of drug-likeness (QED) is 0.875. The lowest BCUT2D eigenvalue weighted by Gasteiger charge is -2.30. The minimum absolute atomic E-state index is 0.149. The van der Waals surface area contributed by atoms with Crippen molar-refractivity contribution >= 4 is 23.0 Å². The number of carbonyl (C=O) groups excluding carboxylic acids is 1. The van der Waals surface area contributed by atoms with Crippen LogP contribution in [-0.2, 0) is 0 Å². The van der Waals surface area contributed by atoms with Gasteiger partial charge in [0, 0.05) is 24.2 Å². The maximum Gasteiger partial charge on any atom is 0.204 e. The van der Waals surface area contributed by atoms with Gasteiger partial charge in [0.2, 0.25) is 5.78 Å². The first kappa shape index (κ1) is 15.0. The molecule has 122 valence electrons. The molecule has 1 saturated heterocycles. The Bertz CT molecular complexity index is 906. The molecule has 0 aliphatic carbocycles. The van der Waals surface area contributed by atoms with Crippen LogP contribution in [0.25, 0.3) is 0 Å². The van der Waals surface area contributed by atoms with Gasteiger partial charge in [-0.1, -0.05) is 12.1 Å². The second-order valence-corrected chi connectivity index (χ2v) is 6.48. The number of halogens is 1. The molecule has 0 radical (unpaired) electrons. The van der Waals surface area contributed by atoms with Crippen LogP contribution in [-0.4, -0.2) is 28.9 Å². The Morgan fingerprint density at radius 2 is 2.04 bits per heavy atom. The van der Waals surface area contributed by atoms with Gasteiger partial charge in [-0.15, -0.1) is 0 Å². The molecule has 0 bridgehead atoms. The highest BCUT2D eigenvalue weighted by Crippen LogP contribution is 2.40. The highest BCUT2D eigenvalue weighted by atomic mass is 19.1. The van der Waals surface area contributed by atoms with E-state index in [4.69, 9.17) is 0 Å². The van der Waals surface area contributed by atoms with Gasteiger partial charge in [-0.05, 0) is 49.2 Å². The third kappa shape index (κ3) is 2.01. The van der Waals surface area contributed by atoms with Gasteiger partial charge in [0.05, 0.1) is 5.69 Å². The molecule has 24 heavy (non-hydrogen) atoms. The zero-order valence-electron chi connectivity index (χ0n) is 13.5. The van der Waals surface area contributed by atoms with E-state index in [1.165, 1.54) is 6.07 Å². The van der Waals surface area contributed by atoms with E-state index in [1.54, 1.807) is 13.0 Å². The number of anilines is 1. The van der Waals surface area contributed by atoms with Crippen molar-refractivity contribution in [3.8, 4) is 0 Å². The number of hydrogen-bond donors (Lipinski definition) is 1. The Morgan fingerprint density at radius 1 is 1.25 bits per heavy atom. The summed E-state index contributed by atoms with van der Waals surface area (Å²) in [5.74, 6) is -0.606. The van der Waals surface area contributed by atoms with Crippen LogP contribution in [0.1, 0.15) is 27.9 Å². The fraction of sp³-hybridized carbons (Fsp3) is 0.263. The maximum absolute atomic E-state index is 13.8. The summed E-state index contributed by atoms with van der Waals surface area (Å²) >= 11 is 0. The van der Waals surface area contributed by atoms with Crippen molar-refractivity contribution in [2.24, 2.45) is 4.99 Å². The monoisotopic (exact) mass is 324 g/mol. The third-order valence-electron chi connectivity index (χ3n) is 4.76. The van der Waals surface area contributed by atoms with E-state index in [0.29, 0.717) is 23.6 Å². The van der Waals surface area contributed by atoms with Crippen molar-refractivity contribution < 1.29 is 14.3 Å². The summed E-state index contributed by atoms with van der Waals surface area (Å²) in [7, 11) is 0. The van der Waals surface area contributed by atoms with E-state index < -0.39 is 17.2 Å². The summed E-state index contributed by atoms with van der Waals surface area (Å²) in [5.41, 5.74) is 1.28. The van der Waals surface area contributed by atoms with Crippen molar-refractivity contribution in [2.45, 2.75) is 25.9 Å². The lowest BCUT2D eigenvalue weighted by atomic mass is 9.87. The molecule has 5 heteroatoms. The van der Waals surface area contributed by atoms with E-state index in [0.717, 1.165) is 11.3 Å². The van der Waals surface area contributed by atoms with Crippen LogP contribution in [0.5, 0.6) is 0 Å². The number of amidine groups is 1. The molecule has 0 aromatic heterocycles. The number of nitrogens with zero attached hydrogens (tertiary/aromatic N) is 2. The number of Topliss-reactive ketones (excluding diaryl/α,β-unsaturated/α-hetero) is 1. The van der Waals surface area contributed by atoms with Crippen molar-refractivity contribution in [1.29, 1.82) is 0 Å². The number of aliphatic hydroxyl groups is 1. The van der Waals surface area contributed by atoms with E-state index in [2.05, 4.69) is 4.99 Å². The second-order valence-electron chi connectivity index (χ2n) is 6.48. The molecule has 1 fully saturated rings. The molecule has 1 N–H and O–H groups in total. The number of fused-ring (bicyclic) bond motifs is 2. The van der Waals surface area contributed by atoms with Gasteiger partial charge in [0.15, 0.2) is 5.60 Å².